The Balaban J connectivity index is 1.48. The highest BCUT2D eigenvalue weighted by Crippen LogP contribution is 2.93. The third-order valence-corrected chi connectivity index (χ3v) is 19.8. The van der Waals surface area contributed by atoms with E-state index in [0.29, 0.717) is 22.6 Å². The Bertz CT molecular complexity index is 1100. The van der Waals surface area contributed by atoms with Crippen molar-refractivity contribution in [1.82, 2.24) is 0 Å². The summed E-state index contributed by atoms with van der Waals surface area (Å²) >= 11 is 0. The molecule has 4 heteroatoms. The van der Waals surface area contributed by atoms with Crippen LogP contribution in [-0.2, 0) is 0 Å². The molecule has 2 heterocycles. The normalized spacial score (nSPS) is 31.4. The van der Waals surface area contributed by atoms with Crippen LogP contribution in [0.2, 0.25) is 0 Å². The van der Waals surface area contributed by atoms with Gasteiger partial charge in [-0.15, -0.1) is 0 Å². The first-order chi connectivity index (χ1) is 18.1. The van der Waals surface area contributed by atoms with Gasteiger partial charge in [-0.3, -0.25) is 0 Å². The van der Waals surface area contributed by atoms with Crippen LogP contribution in [0.1, 0.15) is 70.6 Å². The highest BCUT2D eigenvalue weighted by atomic mass is 31.2. The van der Waals surface area contributed by atoms with Gasteiger partial charge in [-0.2, -0.15) is 0 Å². The zero-order valence-electron chi connectivity index (χ0n) is 21.4. The SMILES string of the molecule is [B][P+]1(C[P+]2([B])C(c3ccccc3)CC[C@@H]2c2ccccc2)C(c2ccccc2)CC[C@@H]1c1ccccc1. The summed E-state index contributed by atoms with van der Waals surface area (Å²) in [5.41, 5.74) is 7.29. The van der Waals surface area contributed by atoms with Gasteiger partial charge in [-0.05, 0) is 47.9 Å². The maximum atomic E-state index is 7.92. The molecular formula is C33H34B2P2+2. The first kappa shape index (κ1) is 25.2. The molecule has 2 aliphatic heterocycles. The van der Waals surface area contributed by atoms with Crippen molar-refractivity contribution in [3.05, 3.63) is 144 Å². The molecule has 180 valence electrons. The van der Waals surface area contributed by atoms with E-state index in [1.165, 1.54) is 22.3 Å². The summed E-state index contributed by atoms with van der Waals surface area (Å²) in [6.45, 7) is 0. The largest absolute Gasteiger partial charge is 0.370 e. The zero-order chi connectivity index (χ0) is 25.3. The Hall–Kier alpha value is -2.13. The minimum atomic E-state index is -1.99. The van der Waals surface area contributed by atoms with Crippen LogP contribution in [-0.4, -0.2) is 21.0 Å². The average molecular weight is 514 g/mol. The fourth-order valence-electron chi connectivity index (χ4n) is 7.32. The number of hydrogen-bond acceptors (Lipinski definition) is 0. The summed E-state index contributed by atoms with van der Waals surface area (Å²) in [7, 11) is 11.9. The van der Waals surface area contributed by atoms with E-state index >= 15 is 0 Å². The van der Waals surface area contributed by atoms with E-state index in [9.17, 15) is 0 Å². The molecule has 4 unspecified atom stereocenters. The van der Waals surface area contributed by atoms with Crippen LogP contribution < -0.4 is 0 Å². The van der Waals surface area contributed by atoms with E-state index in [1.807, 2.05) is 0 Å². The monoisotopic (exact) mass is 514 g/mol. The van der Waals surface area contributed by atoms with Crippen molar-refractivity contribution in [2.24, 2.45) is 0 Å². The summed E-state index contributed by atoms with van der Waals surface area (Å²) in [5, 5.41) is 0. The van der Waals surface area contributed by atoms with Crippen molar-refractivity contribution in [3.63, 3.8) is 0 Å². The highest BCUT2D eigenvalue weighted by Gasteiger charge is 2.64. The fraction of sp³-hybridized carbons (Fsp3) is 0.273. The van der Waals surface area contributed by atoms with Crippen LogP contribution in [0.3, 0.4) is 0 Å². The van der Waals surface area contributed by atoms with Gasteiger partial charge in [0.1, 0.15) is 5.90 Å². The lowest BCUT2D eigenvalue weighted by Gasteiger charge is -2.39. The minimum Gasteiger partial charge on any atom is -0.0622 e. The number of rotatable bonds is 6. The molecule has 2 saturated heterocycles. The van der Waals surface area contributed by atoms with E-state index in [1.54, 1.807) is 0 Å². The quantitative estimate of drug-likeness (QED) is 0.178. The molecule has 4 radical (unpaired) electrons. The van der Waals surface area contributed by atoms with E-state index in [0.717, 1.165) is 31.6 Å². The van der Waals surface area contributed by atoms with Gasteiger partial charge in [0.25, 0.3) is 0 Å². The molecule has 0 amide bonds. The molecule has 0 spiro atoms. The lowest BCUT2D eigenvalue weighted by atomic mass is 10.0. The topological polar surface area (TPSA) is 0 Å². The van der Waals surface area contributed by atoms with Gasteiger partial charge in [0, 0.05) is 14.3 Å². The van der Waals surface area contributed by atoms with E-state index in [4.69, 9.17) is 15.1 Å². The Morgan fingerprint density at radius 1 is 0.405 bits per heavy atom. The zero-order valence-corrected chi connectivity index (χ0v) is 23.2. The minimum absolute atomic E-state index is 0.410. The van der Waals surface area contributed by atoms with Gasteiger partial charge in [0.2, 0.25) is 0 Å². The second-order valence-corrected chi connectivity index (χ2v) is 18.6. The molecule has 0 aromatic heterocycles. The van der Waals surface area contributed by atoms with Crippen molar-refractivity contribution in [3.8, 4) is 0 Å². The second kappa shape index (κ2) is 10.6. The van der Waals surface area contributed by atoms with Gasteiger partial charge in [0.05, 0.1) is 22.6 Å². The standard InChI is InChI=1S/C33H34B2P2/c34-36(30(26-13-5-1-6-14-26)21-22-31(36)27-15-7-2-8-16-27)25-37(35)32(28-17-9-3-10-18-28)23-24-33(37)29-19-11-4-12-20-29/h1-20,30-33H,21-25H2/q+2/t30-,31?,32-,33?,36?,37?/m1/s1. The van der Waals surface area contributed by atoms with Crippen molar-refractivity contribution in [2.45, 2.75) is 48.3 Å². The van der Waals surface area contributed by atoms with Crippen LogP contribution in [0, 0.1) is 0 Å². The molecule has 2 fully saturated rings. The van der Waals surface area contributed by atoms with Gasteiger partial charge in [-0.1, -0.05) is 121 Å². The van der Waals surface area contributed by atoms with Gasteiger partial charge in [-0.25, -0.2) is 0 Å². The summed E-state index contributed by atoms with van der Waals surface area (Å²) in [6.07, 6.45) is 4.61. The molecule has 4 aromatic rings. The maximum Gasteiger partial charge on any atom is 0.370 e. The Kier molecular flexibility index (Phi) is 7.18. The Labute approximate surface area is 226 Å². The van der Waals surface area contributed by atoms with Crippen molar-refractivity contribution >= 4 is 29.4 Å². The molecule has 0 aliphatic carbocycles. The summed E-state index contributed by atoms with van der Waals surface area (Å²) in [5.74, 6) is 1.01. The maximum absolute atomic E-state index is 7.92. The third-order valence-electron chi connectivity index (χ3n) is 8.98. The van der Waals surface area contributed by atoms with Crippen molar-refractivity contribution < 1.29 is 0 Å². The third kappa shape index (κ3) is 4.67. The van der Waals surface area contributed by atoms with Crippen LogP contribution in [0.4, 0.5) is 0 Å². The molecule has 2 aliphatic rings. The predicted molar refractivity (Wildman–Crippen MR) is 165 cm³/mol. The molecule has 6 atom stereocenters. The van der Waals surface area contributed by atoms with Gasteiger partial charge in [0.15, 0.2) is 0 Å². The molecule has 6 rings (SSSR count). The smallest absolute Gasteiger partial charge is 0.0622 e. The Morgan fingerprint density at radius 3 is 0.838 bits per heavy atom. The Morgan fingerprint density at radius 2 is 0.622 bits per heavy atom. The fourth-order valence-corrected chi connectivity index (χ4v) is 20.2. The second-order valence-electron chi connectivity index (χ2n) is 11.0. The van der Waals surface area contributed by atoms with Crippen molar-refractivity contribution in [2.75, 3.05) is 5.90 Å². The molecule has 37 heavy (non-hydrogen) atoms. The van der Waals surface area contributed by atoms with Crippen LogP contribution in [0.5, 0.6) is 0 Å². The number of benzene rings is 4. The molecule has 0 nitrogen and oxygen atoms in total. The van der Waals surface area contributed by atoms with Gasteiger partial charge >= 0.3 is 15.1 Å². The van der Waals surface area contributed by atoms with Crippen LogP contribution >= 0.6 is 14.3 Å². The van der Waals surface area contributed by atoms with Gasteiger partial charge < -0.3 is 0 Å². The molecule has 0 N–H and O–H groups in total. The molecule has 4 aromatic carbocycles. The lowest BCUT2D eigenvalue weighted by molar-refractivity contribution is 0.765. The highest BCUT2D eigenvalue weighted by molar-refractivity contribution is 8.12. The average Bonchev–Trinajstić information content (AvgIpc) is 3.46. The van der Waals surface area contributed by atoms with Crippen LogP contribution in [0.25, 0.3) is 0 Å². The predicted octanol–water partition coefficient (Wildman–Crippen LogP) is 9.70. The summed E-state index contributed by atoms with van der Waals surface area (Å²) in [4.78, 5) is 0. The lowest BCUT2D eigenvalue weighted by Crippen LogP contribution is -2.17. The first-order valence-corrected chi connectivity index (χ1v) is 18.0. The van der Waals surface area contributed by atoms with Crippen LogP contribution in [0.15, 0.2) is 121 Å². The summed E-state index contributed by atoms with van der Waals surface area (Å²) < 4.78 is 0. The molecule has 0 bridgehead atoms. The van der Waals surface area contributed by atoms with E-state index in [2.05, 4.69) is 121 Å². The van der Waals surface area contributed by atoms with Crippen molar-refractivity contribution in [1.29, 1.82) is 0 Å². The summed E-state index contributed by atoms with van der Waals surface area (Å²) in [6, 6.07) is 44.3. The molecule has 0 saturated carbocycles. The number of hydrogen-bond donors (Lipinski definition) is 0. The first-order valence-electron chi connectivity index (χ1n) is 13.6. The van der Waals surface area contributed by atoms with E-state index in [-0.39, 0.29) is 0 Å². The van der Waals surface area contributed by atoms with E-state index < -0.39 is 14.3 Å². The molecular weight excluding hydrogens is 480 g/mol.